The molecule has 0 aliphatic heterocycles. The zero-order valence-corrected chi connectivity index (χ0v) is 10.0. The van der Waals surface area contributed by atoms with Gasteiger partial charge in [-0.05, 0) is 37.6 Å². The van der Waals surface area contributed by atoms with Gasteiger partial charge < -0.3 is 0 Å². The van der Waals surface area contributed by atoms with E-state index in [1.165, 1.54) is 10.8 Å². The molecule has 0 N–H and O–H groups in total. The van der Waals surface area contributed by atoms with Crippen LogP contribution in [-0.2, 0) is 0 Å². The lowest BCUT2D eigenvalue weighted by Gasteiger charge is -2.07. The average Bonchev–Trinajstić information content (AvgIpc) is 2.25. The summed E-state index contributed by atoms with van der Waals surface area (Å²) in [5.74, 6) is 6.56. The van der Waals surface area contributed by atoms with E-state index in [2.05, 4.69) is 75.1 Å². The fourth-order valence-corrected chi connectivity index (χ4v) is 1.59. The summed E-state index contributed by atoms with van der Waals surface area (Å²) in [4.78, 5) is 0. The van der Waals surface area contributed by atoms with Gasteiger partial charge in [0.05, 0.1) is 0 Å². The second-order valence-corrected chi connectivity index (χ2v) is 5.03. The Bertz CT molecular complexity index is 554. The molecule has 2 aromatic rings. The van der Waals surface area contributed by atoms with Crippen molar-refractivity contribution in [1.82, 2.24) is 0 Å². The van der Waals surface area contributed by atoms with Gasteiger partial charge in [-0.3, -0.25) is 0 Å². The van der Waals surface area contributed by atoms with Crippen LogP contribution in [0.3, 0.4) is 0 Å². The molecule has 80 valence electrons. The lowest BCUT2D eigenvalue weighted by molar-refractivity contribution is 0.571. The van der Waals surface area contributed by atoms with Gasteiger partial charge in [0.15, 0.2) is 0 Å². The van der Waals surface area contributed by atoms with Crippen LogP contribution < -0.4 is 0 Å². The Morgan fingerprint density at radius 2 is 1.56 bits per heavy atom. The summed E-state index contributed by atoms with van der Waals surface area (Å²) in [6, 6.07) is 14.6. The van der Waals surface area contributed by atoms with E-state index in [1.807, 2.05) is 0 Å². The van der Waals surface area contributed by atoms with Gasteiger partial charge in [0.1, 0.15) is 0 Å². The van der Waals surface area contributed by atoms with Gasteiger partial charge in [0.2, 0.25) is 0 Å². The second-order valence-electron chi connectivity index (χ2n) is 5.03. The van der Waals surface area contributed by atoms with E-state index >= 15 is 0 Å². The summed E-state index contributed by atoms with van der Waals surface area (Å²) < 4.78 is 0. The van der Waals surface area contributed by atoms with E-state index in [0.29, 0.717) is 0 Å². The van der Waals surface area contributed by atoms with Crippen molar-refractivity contribution in [2.24, 2.45) is 5.41 Å². The lowest BCUT2D eigenvalue weighted by Crippen LogP contribution is -1.99. The standard InChI is InChI=1S/C16H16/c1-16(2,3)12-11-14-9-6-8-13-7-4-5-10-15(13)14/h4-10H,1-3H3. The zero-order chi connectivity index (χ0) is 11.6. The predicted octanol–water partition coefficient (Wildman–Crippen LogP) is 4.24. The predicted molar refractivity (Wildman–Crippen MR) is 70.3 cm³/mol. The van der Waals surface area contributed by atoms with Crippen LogP contribution in [-0.4, -0.2) is 0 Å². The van der Waals surface area contributed by atoms with Gasteiger partial charge >= 0.3 is 0 Å². The summed E-state index contributed by atoms with van der Waals surface area (Å²) >= 11 is 0. The van der Waals surface area contributed by atoms with Gasteiger partial charge in [-0.15, -0.1) is 0 Å². The summed E-state index contributed by atoms with van der Waals surface area (Å²) in [6.45, 7) is 6.39. The molecule has 16 heavy (non-hydrogen) atoms. The van der Waals surface area contributed by atoms with Crippen molar-refractivity contribution in [3.05, 3.63) is 48.0 Å². The molecule has 0 nitrogen and oxygen atoms in total. The normalized spacial score (nSPS) is 10.9. The minimum absolute atomic E-state index is 0.0525. The monoisotopic (exact) mass is 208 g/mol. The van der Waals surface area contributed by atoms with E-state index in [9.17, 15) is 0 Å². The first-order valence-corrected chi connectivity index (χ1v) is 5.57. The third-order valence-electron chi connectivity index (χ3n) is 2.36. The number of fused-ring (bicyclic) bond motifs is 1. The maximum absolute atomic E-state index is 3.28. The molecule has 2 aromatic carbocycles. The van der Waals surface area contributed by atoms with Gasteiger partial charge in [0.25, 0.3) is 0 Å². The molecule has 0 bridgehead atoms. The zero-order valence-electron chi connectivity index (χ0n) is 10.0. The molecule has 0 heteroatoms. The SMILES string of the molecule is CC(C)(C)C#Cc1cccc2ccccc12. The first kappa shape index (κ1) is 10.8. The van der Waals surface area contributed by atoms with Crippen LogP contribution in [0.4, 0.5) is 0 Å². The minimum atomic E-state index is 0.0525. The highest BCUT2D eigenvalue weighted by Gasteiger charge is 2.04. The number of benzene rings is 2. The fraction of sp³-hybridized carbons (Fsp3) is 0.250. The fourth-order valence-electron chi connectivity index (χ4n) is 1.59. The van der Waals surface area contributed by atoms with Crippen LogP contribution in [0.15, 0.2) is 42.5 Å². The van der Waals surface area contributed by atoms with Gasteiger partial charge in [-0.2, -0.15) is 0 Å². The first-order chi connectivity index (χ1) is 7.56. The van der Waals surface area contributed by atoms with Crippen LogP contribution in [0.1, 0.15) is 26.3 Å². The topological polar surface area (TPSA) is 0 Å². The van der Waals surface area contributed by atoms with Crippen molar-refractivity contribution in [3.63, 3.8) is 0 Å². The highest BCUT2D eigenvalue weighted by atomic mass is 14.1. The Labute approximate surface area is 97.3 Å². The minimum Gasteiger partial charge on any atom is -0.0919 e. The quantitative estimate of drug-likeness (QED) is 0.568. The van der Waals surface area contributed by atoms with E-state index in [4.69, 9.17) is 0 Å². The molecule has 0 aliphatic carbocycles. The number of rotatable bonds is 0. The molecule has 0 saturated carbocycles. The molecule has 0 unspecified atom stereocenters. The smallest absolute Gasteiger partial charge is 0.0323 e. The Kier molecular flexibility index (Phi) is 2.71. The van der Waals surface area contributed by atoms with Crippen molar-refractivity contribution in [1.29, 1.82) is 0 Å². The van der Waals surface area contributed by atoms with Crippen LogP contribution in [0.5, 0.6) is 0 Å². The Balaban J connectivity index is 2.56. The number of hydrogen-bond acceptors (Lipinski definition) is 0. The molecule has 0 aliphatic rings. The Morgan fingerprint density at radius 3 is 2.31 bits per heavy atom. The van der Waals surface area contributed by atoms with Crippen molar-refractivity contribution in [2.75, 3.05) is 0 Å². The maximum Gasteiger partial charge on any atom is 0.0323 e. The van der Waals surface area contributed by atoms with Crippen LogP contribution >= 0.6 is 0 Å². The average molecular weight is 208 g/mol. The van der Waals surface area contributed by atoms with Crippen LogP contribution in [0, 0.1) is 17.3 Å². The molecular formula is C16H16. The Hall–Kier alpha value is -1.74. The molecule has 2 rings (SSSR count). The second kappa shape index (κ2) is 4.02. The molecule has 0 radical (unpaired) electrons. The van der Waals surface area contributed by atoms with Crippen LogP contribution in [0.2, 0.25) is 0 Å². The summed E-state index contributed by atoms with van der Waals surface area (Å²) in [7, 11) is 0. The van der Waals surface area contributed by atoms with E-state index in [1.54, 1.807) is 0 Å². The van der Waals surface area contributed by atoms with Crippen LogP contribution in [0.25, 0.3) is 10.8 Å². The van der Waals surface area contributed by atoms with E-state index in [0.717, 1.165) is 5.56 Å². The molecule has 0 atom stereocenters. The number of hydrogen-bond donors (Lipinski definition) is 0. The largest absolute Gasteiger partial charge is 0.0919 e. The highest BCUT2D eigenvalue weighted by Crippen LogP contribution is 2.18. The van der Waals surface area contributed by atoms with Crippen molar-refractivity contribution in [2.45, 2.75) is 20.8 Å². The summed E-state index contributed by atoms with van der Waals surface area (Å²) in [5.41, 5.74) is 1.17. The molecule has 0 saturated heterocycles. The highest BCUT2D eigenvalue weighted by molar-refractivity contribution is 5.88. The Morgan fingerprint density at radius 1 is 0.875 bits per heavy atom. The van der Waals surface area contributed by atoms with E-state index < -0.39 is 0 Å². The molecule has 0 heterocycles. The third-order valence-corrected chi connectivity index (χ3v) is 2.36. The summed E-state index contributed by atoms with van der Waals surface area (Å²) in [6.07, 6.45) is 0. The molecule has 0 fully saturated rings. The van der Waals surface area contributed by atoms with Crippen molar-refractivity contribution in [3.8, 4) is 11.8 Å². The third kappa shape index (κ3) is 2.44. The first-order valence-electron chi connectivity index (χ1n) is 5.57. The molecule has 0 spiro atoms. The van der Waals surface area contributed by atoms with Crippen molar-refractivity contribution < 1.29 is 0 Å². The van der Waals surface area contributed by atoms with Crippen molar-refractivity contribution >= 4 is 10.8 Å². The van der Waals surface area contributed by atoms with Gasteiger partial charge in [-0.25, -0.2) is 0 Å². The molecule has 0 amide bonds. The summed E-state index contributed by atoms with van der Waals surface area (Å²) in [5, 5.41) is 2.49. The lowest BCUT2D eigenvalue weighted by atomic mass is 9.96. The maximum atomic E-state index is 3.28. The van der Waals surface area contributed by atoms with Gasteiger partial charge in [-0.1, -0.05) is 48.2 Å². The van der Waals surface area contributed by atoms with Gasteiger partial charge in [0, 0.05) is 11.0 Å². The molecule has 0 aromatic heterocycles. The van der Waals surface area contributed by atoms with E-state index in [-0.39, 0.29) is 5.41 Å². The molecular weight excluding hydrogens is 192 g/mol.